The normalized spacial score (nSPS) is 24.4. The summed E-state index contributed by atoms with van der Waals surface area (Å²) in [4.78, 5) is 26.7. The lowest BCUT2D eigenvalue weighted by molar-refractivity contribution is -0.190. The van der Waals surface area contributed by atoms with Gasteiger partial charge in [-0.05, 0) is 49.0 Å². The summed E-state index contributed by atoms with van der Waals surface area (Å²) in [6.45, 7) is 3.93. The predicted molar refractivity (Wildman–Crippen MR) is 183 cm³/mol. The number of nitrogens with zero attached hydrogens (tertiary/aromatic N) is 5. The smallest absolute Gasteiger partial charge is 0.471 e. The molecule has 0 spiro atoms. The van der Waals surface area contributed by atoms with Crippen molar-refractivity contribution in [2.45, 2.75) is 50.4 Å². The second-order valence-corrected chi connectivity index (χ2v) is 14.4. The fraction of sp³-hybridized carbons (Fsp3) is 0.486. The summed E-state index contributed by atoms with van der Waals surface area (Å²) in [5, 5.41) is 13.5. The molecule has 4 fully saturated rings. The molecule has 16 heteroatoms. The van der Waals surface area contributed by atoms with Gasteiger partial charge in [-0.25, -0.2) is 13.8 Å². The number of hydrogen-bond acceptors (Lipinski definition) is 10. The summed E-state index contributed by atoms with van der Waals surface area (Å²) in [5.74, 6) is -1.19. The van der Waals surface area contributed by atoms with Crippen LogP contribution in [0.3, 0.4) is 0 Å². The number of fused-ring (bicyclic) bond motifs is 4. The maximum absolute atomic E-state index is 17.2. The Bertz CT molecular complexity index is 2090. The number of hydrogen-bond donors (Lipinski definition) is 2. The number of morpholine rings is 1. The first-order chi connectivity index (χ1) is 25.4. The summed E-state index contributed by atoms with van der Waals surface area (Å²) in [6.07, 6.45) is 4.44. The molecule has 2 bridgehead atoms. The molecule has 53 heavy (non-hydrogen) atoms. The van der Waals surface area contributed by atoms with Gasteiger partial charge in [-0.3, -0.25) is 9.69 Å². The third-order valence-corrected chi connectivity index (χ3v) is 11.0. The van der Waals surface area contributed by atoms with E-state index in [4.69, 9.17) is 25.6 Å². The van der Waals surface area contributed by atoms with E-state index >= 15 is 8.78 Å². The van der Waals surface area contributed by atoms with Crippen LogP contribution in [0.1, 0.15) is 48.8 Å². The molecule has 3 saturated heterocycles. The van der Waals surface area contributed by atoms with Crippen LogP contribution in [-0.2, 0) is 14.3 Å². The van der Waals surface area contributed by atoms with Crippen molar-refractivity contribution in [1.29, 1.82) is 0 Å². The van der Waals surface area contributed by atoms with Crippen molar-refractivity contribution in [3.05, 3.63) is 56.8 Å². The van der Waals surface area contributed by atoms with Crippen LogP contribution >= 0.6 is 0 Å². The monoisotopic (exact) mass is 740 g/mol. The molecule has 280 valence electrons. The lowest BCUT2D eigenvalue weighted by Crippen LogP contribution is -2.58. The lowest BCUT2D eigenvalue weighted by atomic mass is 9.87. The van der Waals surface area contributed by atoms with E-state index in [2.05, 4.69) is 21.1 Å². The highest BCUT2D eigenvalue weighted by atomic mass is 19.4. The number of amides is 1. The summed E-state index contributed by atoms with van der Waals surface area (Å²) in [5.41, 5.74) is 0.294. The maximum Gasteiger partial charge on any atom is 0.471 e. The molecule has 1 aromatic carbocycles. The average molecular weight is 741 g/mol. The number of methoxy groups -OCH3 is 1. The van der Waals surface area contributed by atoms with Crippen LogP contribution < -0.4 is 20.6 Å². The fourth-order valence-corrected chi connectivity index (χ4v) is 8.21. The molecule has 2 aromatic rings. The van der Waals surface area contributed by atoms with E-state index < -0.39 is 35.8 Å². The van der Waals surface area contributed by atoms with Crippen LogP contribution in [0.5, 0.6) is 5.88 Å². The summed E-state index contributed by atoms with van der Waals surface area (Å²) < 4.78 is 90.5. The third-order valence-electron chi connectivity index (χ3n) is 11.0. The zero-order valence-corrected chi connectivity index (χ0v) is 28.9. The Balaban J connectivity index is 1.24. The number of aliphatic hydroxyl groups is 1. The highest BCUT2D eigenvalue weighted by molar-refractivity contribution is 5.95. The Morgan fingerprint density at radius 2 is 1.89 bits per heavy atom. The number of likely N-dealkylation sites (tertiary alicyclic amines) is 1. The number of alkyl halides is 3. The van der Waals surface area contributed by atoms with E-state index in [1.807, 2.05) is 0 Å². The lowest BCUT2D eigenvalue weighted by Gasteiger charge is -2.42. The van der Waals surface area contributed by atoms with E-state index in [0.29, 0.717) is 31.6 Å². The first kappa shape index (κ1) is 35.2. The number of terminal acetylenes is 1. The number of amidine groups is 1. The molecule has 2 atom stereocenters. The largest absolute Gasteiger partial charge is 0.512 e. The van der Waals surface area contributed by atoms with Gasteiger partial charge >= 0.3 is 12.1 Å². The second kappa shape index (κ2) is 13.2. The zero-order valence-electron chi connectivity index (χ0n) is 28.9. The molecule has 0 radical (unpaired) electrons. The Morgan fingerprint density at radius 3 is 2.53 bits per heavy atom. The van der Waals surface area contributed by atoms with Crippen LogP contribution in [0.4, 0.5) is 27.6 Å². The molecule has 4 aliphatic heterocycles. The quantitative estimate of drug-likeness (QED) is 0.341. The molecule has 0 unspecified atom stereocenters. The van der Waals surface area contributed by atoms with Gasteiger partial charge in [-0.2, -0.15) is 18.2 Å². The Morgan fingerprint density at radius 1 is 1.17 bits per heavy atom. The van der Waals surface area contributed by atoms with Gasteiger partial charge in [0.15, 0.2) is 5.82 Å². The third kappa shape index (κ3) is 6.33. The van der Waals surface area contributed by atoms with Crippen LogP contribution in [0.15, 0.2) is 22.9 Å². The summed E-state index contributed by atoms with van der Waals surface area (Å²) in [7, 11) is 1.33. The highest BCUT2D eigenvalue weighted by Crippen LogP contribution is 2.47. The molecular weight excluding hydrogens is 703 g/mol. The van der Waals surface area contributed by atoms with E-state index in [1.54, 1.807) is 4.90 Å². The number of piperazine rings is 1. The topological polar surface area (TPSA) is 112 Å². The predicted octanol–water partition coefficient (Wildman–Crippen LogP) is 3.07. The SMILES string of the molecule is C#Cc1c(F)ccc2c1C(=c1nc(OC)c3c(c1F)NC(OCC1(CN4CCOCC4)CC1)=NC=3N1C[C@H]3CC[C@@H](C1)N3C(=O)C(F)(F)F)CC(O)=C2. The van der Waals surface area contributed by atoms with Gasteiger partial charge in [0.25, 0.3) is 6.02 Å². The zero-order chi connectivity index (χ0) is 37.2. The van der Waals surface area contributed by atoms with Crippen molar-refractivity contribution in [3.63, 3.8) is 0 Å². The number of benzene rings is 1. The van der Waals surface area contributed by atoms with Crippen LogP contribution in [-0.4, -0.2) is 115 Å². The standard InChI is InChI=1S/C37H37F5N6O5/c1-3-24-26(38)7-4-20-14-23(49)15-25(27(20)24)30-29(39)31-28(33(43-30)51-2)32(47-16-21-5-6-22(17-47)48(21)34(50)37(40,41)42)45-35(44-31)53-19-36(8-9-36)18-46-10-12-52-13-11-46/h1,4,7,14,21-22,49H,5-6,8-13,15-19H2,2H3,(H,44,45)/t21-,22+. The van der Waals surface area contributed by atoms with Crippen molar-refractivity contribution in [2.24, 2.45) is 10.4 Å². The molecule has 2 N–H and O–H groups in total. The van der Waals surface area contributed by atoms with E-state index in [1.165, 1.54) is 25.3 Å². The number of aliphatic hydroxyl groups excluding tert-OH is 1. The molecule has 6 aliphatic rings. The molecule has 11 nitrogen and oxygen atoms in total. The van der Waals surface area contributed by atoms with Gasteiger partial charge in [-0.15, -0.1) is 6.42 Å². The maximum atomic E-state index is 17.2. The van der Waals surface area contributed by atoms with Crippen molar-refractivity contribution in [3.8, 4) is 18.2 Å². The van der Waals surface area contributed by atoms with Crippen LogP contribution in [0, 0.1) is 29.4 Å². The van der Waals surface area contributed by atoms with Crippen molar-refractivity contribution < 1.29 is 46.1 Å². The number of anilines is 1. The second-order valence-electron chi connectivity index (χ2n) is 14.4. The summed E-state index contributed by atoms with van der Waals surface area (Å²) in [6, 6.07) is 1.04. The number of pyridine rings is 1. The number of ether oxygens (including phenoxy) is 3. The van der Waals surface area contributed by atoms with Gasteiger partial charge < -0.3 is 34.4 Å². The number of aliphatic imine (C=N–C) groups is 1. The van der Waals surface area contributed by atoms with Crippen LogP contribution in [0.25, 0.3) is 17.5 Å². The van der Waals surface area contributed by atoms with Crippen LogP contribution in [0.2, 0.25) is 0 Å². The number of carbonyl (C=O) groups is 1. The molecule has 1 amide bonds. The number of carbonyl (C=O) groups excluding carboxylic acids is 1. The number of aromatic nitrogens is 1. The Labute approximate surface area is 301 Å². The van der Waals surface area contributed by atoms with Gasteiger partial charge in [-0.1, -0.05) is 12.0 Å². The minimum atomic E-state index is -5.02. The van der Waals surface area contributed by atoms with Crippen molar-refractivity contribution >= 4 is 35.1 Å². The number of halogens is 5. The minimum absolute atomic E-state index is 0.00834. The Hall–Kier alpha value is -4.88. The molecule has 2 aliphatic carbocycles. The number of allylic oxidation sites excluding steroid dienone is 1. The first-order valence-electron chi connectivity index (χ1n) is 17.5. The Kier molecular flexibility index (Phi) is 8.76. The summed E-state index contributed by atoms with van der Waals surface area (Å²) >= 11 is 0. The van der Waals surface area contributed by atoms with Gasteiger partial charge in [0.1, 0.15) is 22.2 Å². The minimum Gasteiger partial charge on any atom is -0.512 e. The fourth-order valence-electron chi connectivity index (χ4n) is 8.21. The molecular formula is C37H37F5N6O5. The first-order valence-corrected chi connectivity index (χ1v) is 17.5. The van der Waals surface area contributed by atoms with E-state index in [-0.39, 0.29) is 88.0 Å². The van der Waals surface area contributed by atoms with Gasteiger partial charge in [0.05, 0.1) is 56.0 Å². The van der Waals surface area contributed by atoms with Gasteiger partial charge in [0, 0.05) is 50.1 Å². The van der Waals surface area contributed by atoms with E-state index in [9.17, 15) is 23.1 Å². The average Bonchev–Trinajstić information content (AvgIpc) is 3.85. The van der Waals surface area contributed by atoms with Crippen molar-refractivity contribution in [1.82, 2.24) is 19.7 Å². The molecule has 1 saturated carbocycles. The molecule has 1 aromatic heterocycles. The van der Waals surface area contributed by atoms with Crippen molar-refractivity contribution in [2.75, 3.05) is 65.0 Å². The number of nitrogens with one attached hydrogen (secondary N) is 1. The molecule has 8 rings (SSSR count). The molecule has 5 heterocycles. The van der Waals surface area contributed by atoms with E-state index in [0.717, 1.165) is 37.4 Å². The number of rotatable bonds is 6. The highest BCUT2D eigenvalue weighted by Gasteiger charge is 2.52. The van der Waals surface area contributed by atoms with Gasteiger partial charge in [0.2, 0.25) is 5.88 Å².